The Morgan fingerprint density at radius 1 is 1.23 bits per heavy atom. The van der Waals surface area contributed by atoms with Crippen molar-refractivity contribution in [3.8, 4) is 6.07 Å². The number of piperazine rings is 1. The summed E-state index contributed by atoms with van der Waals surface area (Å²) in [4.78, 5) is 4.44. The van der Waals surface area contributed by atoms with Crippen molar-refractivity contribution < 1.29 is 8.42 Å². The van der Waals surface area contributed by atoms with Crippen LogP contribution >= 0.6 is 11.6 Å². The van der Waals surface area contributed by atoms with Crippen molar-refractivity contribution in [3.63, 3.8) is 0 Å². The van der Waals surface area contributed by atoms with Gasteiger partial charge in [0.05, 0.1) is 22.8 Å². The molecule has 2 aliphatic rings. The SMILES string of the molecule is N#Cc1cc(Cl)ccc1N1CCN([C@@H]2CCS(=O)(=O)C2)CC1. The van der Waals surface area contributed by atoms with Crippen LogP contribution in [0.3, 0.4) is 0 Å². The Hall–Kier alpha value is -1.29. The van der Waals surface area contributed by atoms with Crippen LogP contribution in [-0.2, 0) is 9.84 Å². The van der Waals surface area contributed by atoms with E-state index in [1.54, 1.807) is 12.1 Å². The number of benzene rings is 1. The molecule has 5 nitrogen and oxygen atoms in total. The fraction of sp³-hybridized carbons (Fsp3) is 0.533. The van der Waals surface area contributed by atoms with Crippen LogP contribution in [0.25, 0.3) is 0 Å². The monoisotopic (exact) mass is 339 g/mol. The predicted molar refractivity (Wildman–Crippen MR) is 87.0 cm³/mol. The van der Waals surface area contributed by atoms with Gasteiger partial charge in [-0.15, -0.1) is 0 Å². The summed E-state index contributed by atoms with van der Waals surface area (Å²) < 4.78 is 23.2. The van der Waals surface area contributed by atoms with E-state index in [0.29, 0.717) is 16.3 Å². The van der Waals surface area contributed by atoms with E-state index in [1.165, 1.54) is 0 Å². The van der Waals surface area contributed by atoms with Crippen molar-refractivity contribution in [3.05, 3.63) is 28.8 Å². The highest BCUT2D eigenvalue weighted by atomic mass is 35.5. The van der Waals surface area contributed by atoms with E-state index in [0.717, 1.165) is 38.3 Å². The van der Waals surface area contributed by atoms with Crippen LogP contribution in [0.1, 0.15) is 12.0 Å². The van der Waals surface area contributed by atoms with Gasteiger partial charge in [-0.1, -0.05) is 11.6 Å². The summed E-state index contributed by atoms with van der Waals surface area (Å²) in [6.07, 6.45) is 0.743. The number of sulfone groups is 1. The molecule has 0 spiro atoms. The molecule has 22 heavy (non-hydrogen) atoms. The van der Waals surface area contributed by atoms with Gasteiger partial charge in [0.2, 0.25) is 0 Å². The lowest BCUT2D eigenvalue weighted by atomic mass is 10.1. The molecule has 0 radical (unpaired) electrons. The fourth-order valence-corrected chi connectivity index (χ4v) is 5.20. The third-order valence-corrected chi connectivity index (χ3v) is 6.44. The Bertz CT molecular complexity index is 706. The van der Waals surface area contributed by atoms with Crippen molar-refractivity contribution >= 4 is 27.1 Å². The van der Waals surface area contributed by atoms with Crippen LogP contribution in [0.5, 0.6) is 0 Å². The molecule has 0 aromatic heterocycles. The molecule has 0 amide bonds. The van der Waals surface area contributed by atoms with E-state index in [2.05, 4.69) is 15.9 Å². The second kappa shape index (κ2) is 6.07. The van der Waals surface area contributed by atoms with Gasteiger partial charge in [0.25, 0.3) is 0 Å². The Labute approximate surface area is 136 Å². The standard InChI is InChI=1S/C15H18ClN3O2S/c16-13-1-2-15(12(9-13)10-17)19-6-4-18(5-7-19)14-3-8-22(20,21)11-14/h1-2,9,14H,3-8,11H2/t14-/m1/s1. The Kier molecular flexibility index (Phi) is 4.31. The molecular weight excluding hydrogens is 322 g/mol. The van der Waals surface area contributed by atoms with E-state index in [4.69, 9.17) is 11.6 Å². The number of anilines is 1. The predicted octanol–water partition coefficient (Wildman–Crippen LogP) is 1.52. The fourth-order valence-electron chi connectivity index (χ4n) is 3.26. The second-order valence-electron chi connectivity index (χ2n) is 5.85. The number of hydrogen-bond acceptors (Lipinski definition) is 5. The van der Waals surface area contributed by atoms with Crippen LogP contribution in [-0.4, -0.2) is 57.0 Å². The van der Waals surface area contributed by atoms with Crippen LogP contribution < -0.4 is 4.90 Å². The highest BCUT2D eigenvalue weighted by Gasteiger charge is 2.33. The van der Waals surface area contributed by atoms with Crippen molar-refractivity contribution in [2.45, 2.75) is 12.5 Å². The first-order valence-electron chi connectivity index (χ1n) is 7.37. The first-order chi connectivity index (χ1) is 10.5. The van der Waals surface area contributed by atoms with E-state index < -0.39 is 9.84 Å². The van der Waals surface area contributed by atoms with Gasteiger partial charge in [0.1, 0.15) is 6.07 Å². The van der Waals surface area contributed by atoms with E-state index in [-0.39, 0.29) is 11.8 Å². The number of nitriles is 1. The summed E-state index contributed by atoms with van der Waals surface area (Å²) in [5.74, 6) is 0.602. The molecule has 2 heterocycles. The maximum Gasteiger partial charge on any atom is 0.151 e. The van der Waals surface area contributed by atoms with Gasteiger partial charge in [-0.3, -0.25) is 4.90 Å². The molecule has 1 aromatic carbocycles. The molecule has 0 N–H and O–H groups in total. The Balaban J connectivity index is 1.66. The minimum atomic E-state index is -2.84. The average molecular weight is 340 g/mol. The summed E-state index contributed by atoms with van der Waals surface area (Å²) >= 11 is 5.94. The highest BCUT2D eigenvalue weighted by Crippen LogP contribution is 2.26. The van der Waals surface area contributed by atoms with Gasteiger partial charge in [0, 0.05) is 37.2 Å². The summed E-state index contributed by atoms with van der Waals surface area (Å²) in [7, 11) is -2.84. The lowest BCUT2D eigenvalue weighted by Gasteiger charge is -2.39. The van der Waals surface area contributed by atoms with Gasteiger partial charge in [-0.2, -0.15) is 5.26 Å². The van der Waals surface area contributed by atoms with Gasteiger partial charge < -0.3 is 4.90 Å². The zero-order valence-electron chi connectivity index (χ0n) is 12.2. The topological polar surface area (TPSA) is 64.4 Å². The van der Waals surface area contributed by atoms with Gasteiger partial charge in [-0.05, 0) is 24.6 Å². The van der Waals surface area contributed by atoms with E-state index in [1.807, 2.05) is 6.07 Å². The zero-order chi connectivity index (χ0) is 15.7. The Morgan fingerprint density at radius 3 is 2.55 bits per heavy atom. The summed E-state index contributed by atoms with van der Waals surface area (Å²) in [6.45, 7) is 3.25. The maximum absolute atomic E-state index is 11.6. The van der Waals surface area contributed by atoms with Gasteiger partial charge in [0.15, 0.2) is 9.84 Å². The molecule has 1 atom stereocenters. The minimum Gasteiger partial charge on any atom is -0.368 e. The van der Waals surface area contributed by atoms with Gasteiger partial charge >= 0.3 is 0 Å². The van der Waals surface area contributed by atoms with Gasteiger partial charge in [-0.25, -0.2) is 8.42 Å². The molecule has 0 aliphatic carbocycles. The average Bonchev–Trinajstić information content (AvgIpc) is 2.87. The number of rotatable bonds is 2. The van der Waals surface area contributed by atoms with Crippen LogP contribution in [0, 0.1) is 11.3 Å². The number of hydrogen-bond donors (Lipinski definition) is 0. The Morgan fingerprint density at radius 2 is 1.95 bits per heavy atom. The van der Waals surface area contributed by atoms with Crippen molar-refractivity contribution in [2.75, 3.05) is 42.6 Å². The quantitative estimate of drug-likeness (QED) is 0.817. The molecule has 118 valence electrons. The molecule has 1 aromatic rings. The van der Waals surface area contributed by atoms with Crippen molar-refractivity contribution in [1.82, 2.24) is 4.90 Å². The van der Waals surface area contributed by atoms with E-state index in [9.17, 15) is 13.7 Å². The molecule has 3 rings (SSSR count). The highest BCUT2D eigenvalue weighted by molar-refractivity contribution is 7.91. The first kappa shape index (κ1) is 15.6. The third-order valence-electron chi connectivity index (χ3n) is 4.46. The summed E-state index contributed by atoms with van der Waals surface area (Å²) in [6, 6.07) is 7.72. The second-order valence-corrected chi connectivity index (χ2v) is 8.52. The molecule has 2 saturated heterocycles. The minimum absolute atomic E-state index is 0.160. The third kappa shape index (κ3) is 3.22. The maximum atomic E-state index is 11.6. The largest absolute Gasteiger partial charge is 0.368 e. The van der Waals surface area contributed by atoms with Crippen molar-refractivity contribution in [1.29, 1.82) is 5.26 Å². The smallest absolute Gasteiger partial charge is 0.151 e. The molecule has 0 bridgehead atoms. The summed E-state index contributed by atoms with van der Waals surface area (Å²) in [5.41, 5.74) is 1.50. The number of halogens is 1. The summed E-state index contributed by atoms with van der Waals surface area (Å²) in [5, 5.41) is 9.81. The van der Waals surface area contributed by atoms with Crippen LogP contribution in [0.15, 0.2) is 18.2 Å². The van der Waals surface area contributed by atoms with Crippen LogP contribution in [0.4, 0.5) is 5.69 Å². The first-order valence-corrected chi connectivity index (χ1v) is 9.57. The zero-order valence-corrected chi connectivity index (χ0v) is 13.8. The normalized spacial score (nSPS) is 25.1. The molecule has 0 unspecified atom stereocenters. The van der Waals surface area contributed by atoms with Crippen molar-refractivity contribution in [2.24, 2.45) is 0 Å². The van der Waals surface area contributed by atoms with E-state index >= 15 is 0 Å². The lowest BCUT2D eigenvalue weighted by molar-refractivity contribution is 0.200. The molecule has 7 heteroatoms. The molecule has 0 saturated carbocycles. The molecule has 2 fully saturated rings. The molecule has 2 aliphatic heterocycles. The lowest BCUT2D eigenvalue weighted by Crippen LogP contribution is -2.51. The van der Waals surface area contributed by atoms with Crippen LogP contribution in [0.2, 0.25) is 5.02 Å². The number of nitrogens with zero attached hydrogens (tertiary/aromatic N) is 3. The molecular formula is C15H18ClN3O2S.